The van der Waals surface area contributed by atoms with Crippen LogP contribution in [-0.2, 0) is 0 Å². The molecule has 5 heteroatoms. The average Bonchev–Trinajstić information content (AvgIpc) is 2.87. The smallest absolute Gasteiger partial charge is 0.358 e. The Morgan fingerprint density at radius 2 is 2.05 bits per heavy atom. The summed E-state index contributed by atoms with van der Waals surface area (Å²) in [6.45, 7) is 6.09. The van der Waals surface area contributed by atoms with Gasteiger partial charge in [0.15, 0.2) is 11.5 Å². The molecule has 0 radical (unpaired) electrons. The number of hydrogen-bond acceptors (Lipinski definition) is 4. The number of rotatable bonds is 4. The molecular formula is C15H17NO4. The minimum absolute atomic E-state index is 0.0976. The minimum atomic E-state index is -1.10. The first-order valence-corrected chi connectivity index (χ1v) is 6.33. The van der Waals surface area contributed by atoms with Gasteiger partial charge in [-0.2, -0.15) is 0 Å². The Morgan fingerprint density at radius 3 is 2.55 bits per heavy atom. The first kappa shape index (κ1) is 14.1. The monoisotopic (exact) mass is 275 g/mol. The zero-order chi connectivity index (χ0) is 14.9. The van der Waals surface area contributed by atoms with Crippen LogP contribution in [0.2, 0.25) is 0 Å². The minimum Gasteiger partial charge on any atom is -0.496 e. The number of hydrogen-bond donors (Lipinski definition) is 1. The van der Waals surface area contributed by atoms with E-state index in [1.807, 2.05) is 19.1 Å². The van der Waals surface area contributed by atoms with Crippen LogP contribution in [-0.4, -0.2) is 23.3 Å². The van der Waals surface area contributed by atoms with E-state index in [9.17, 15) is 4.79 Å². The molecule has 0 aliphatic heterocycles. The largest absolute Gasteiger partial charge is 0.496 e. The molecule has 1 N–H and O–H groups in total. The summed E-state index contributed by atoms with van der Waals surface area (Å²) in [5.41, 5.74) is 2.73. The van der Waals surface area contributed by atoms with E-state index in [-0.39, 0.29) is 11.6 Å². The summed E-state index contributed by atoms with van der Waals surface area (Å²) in [6, 6.07) is 5.27. The molecule has 0 amide bonds. The quantitative estimate of drug-likeness (QED) is 0.924. The molecule has 20 heavy (non-hydrogen) atoms. The first-order valence-electron chi connectivity index (χ1n) is 6.33. The van der Waals surface area contributed by atoms with Crippen LogP contribution in [0.15, 0.2) is 22.7 Å². The van der Waals surface area contributed by atoms with Gasteiger partial charge in [-0.25, -0.2) is 4.79 Å². The van der Waals surface area contributed by atoms with Gasteiger partial charge >= 0.3 is 5.97 Å². The zero-order valence-electron chi connectivity index (χ0n) is 11.9. The Balaban J connectivity index is 2.54. The number of aryl methyl sites for hydroxylation is 1. The van der Waals surface area contributed by atoms with Gasteiger partial charge in [0.2, 0.25) is 0 Å². The fourth-order valence-corrected chi connectivity index (χ4v) is 2.16. The maximum absolute atomic E-state index is 10.8. The third kappa shape index (κ3) is 2.52. The van der Waals surface area contributed by atoms with Crippen LogP contribution < -0.4 is 4.74 Å². The van der Waals surface area contributed by atoms with Gasteiger partial charge in [-0.1, -0.05) is 19.0 Å². The number of aromatic nitrogens is 1. The van der Waals surface area contributed by atoms with Crippen molar-refractivity contribution >= 4 is 5.97 Å². The number of carbonyl (C=O) groups is 1. The Labute approximate surface area is 117 Å². The molecule has 0 bridgehead atoms. The summed E-state index contributed by atoms with van der Waals surface area (Å²) in [7, 11) is 1.64. The van der Waals surface area contributed by atoms with Gasteiger partial charge in [0.25, 0.3) is 0 Å². The molecule has 0 spiro atoms. The van der Waals surface area contributed by atoms with Crippen molar-refractivity contribution in [3.05, 3.63) is 35.0 Å². The number of nitrogens with zero attached hydrogens (tertiary/aromatic N) is 1. The Bertz CT molecular complexity index is 643. The second-order valence-corrected chi connectivity index (χ2v) is 4.95. The van der Waals surface area contributed by atoms with Crippen molar-refractivity contribution < 1.29 is 19.2 Å². The molecule has 1 aromatic carbocycles. The lowest BCUT2D eigenvalue weighted by Gasteiger charge is -2.15. The number of benzene rings is 1. The SMILES string of the molecule is COc1c(C)cc(-c2cc(C(=O)O)no2)cc1C(C)C. The summed E-state index contributed by atoms with van der Waals surface area (Å²) in [4.78, 5) is 10.8. The maximum Gasteiger partial charge on any atom is 0.358 e. The number of methoxy groups -OCH3 is 1. The zero-order valence-corrected chi connectivity index (χ0v) is 11.9. The normalized spacial score (nSPS) is 10.8. The molecule has 2 rings (SSSR count). The lowest BCUT2D eigenvalue weighted by Crippen LogP contribution is -1.97. The highest BCUT2D eigenvalue weighted by Crippen LogP contribution is 2.34. The third-order valence-electron chi connectivity index (χ3n) is 3.14. The second kappa shape index (κ2) is 5.36. The second-order valence-electron chi connectivity index (χ2n) is 4.95. The van der Waals surface area contributed by atoms with Crippen molar-refractivity contribution in [3.63, 3.8) is 0 Å². The molecular weight excluding hydrogens is 258 g/mol. The van der Waals surface area contributed by atoms with Crippen LogP contribution in [0.3, 0.4) is 0 Å². The van der Waals surface area contributed by atoms with Gasteiger partial charge in [-0.05, 0) is 36.1 Å². The van der Waals surface area contributed by atoms with Crippen molar-refractivity contribution in [2.45, 2.75) is 26.7 Å². The summed E-state index contributed by atoms with van der Waals surface area (Å²) in [6.07, 6.45) is 0. The van der Waals surface area contributed by atoms with Crippen molar-refractivity contribution in [3.8, 4) is 17.1 Å². The Morgan fingerprint density at radius 1 is 1.35 bits per heavy atom. The standard InChI is InChI=1S/C15H17NO4/c1-8(2)11-6-10(5-9(3)14(11)19-4)13-7-12(15(17)18)16-20-13/h5-8H,1-4H3,(H,17,18). The van der Waals surface area contributed by atoms with E-state index in [4.69, 9.17) is 14.4 Å². The molecule has 0 aliphatic rings. The lowest BCUT2D eigenvalue weighted by atomic mass is 9.95. The molecule has 0 saturated carbocycles. The van der Waals surface area contributed by atoms with Gasteiger partial charge in [0.05, 0.1) is 7.11 Å². The van der Waals surface area contributed by atoms with Crippen molar-refractivity contribution in [1.29, 1.82) is 0 Å². The van der Waals surface area contributed by atoms with Gasteiger partial charge in [0.1, 0.15) is 5.75 Å². The van der Waals surface area contributed by atoms with Gasteiger partial charge in [-0.15, -0.1) is 0 Å². The van der Waals surface area contributed by atoms with Crippen LogP contribution in [0.25, 0.3) is 11.3 Å². The maximum atomic E-state index is 10.8. The van der Waals surface area contributed by atoms with Crippen molar-refractivity contribution in [2.75, 3.05) is 7.11 Å². The molecule has 1 heterocycles. The molecule has 1 aromatic heterocycles. The Hall–Kier alpha value is -2.30. The molecule has 0 fully saturated rings. The number of ether oxygens (including phenoxy) is 1. The van der Waals surface area contributed by atoms with Gasteiger partial charge < -0.3 is 14.4 Å². The molecule has 5 nitrogen and oxygen atoms in total. The first-order chi connectivity index (χ1) is 9.43. The number of carboxylic acid groups (broad SMARTS) is 1. The van der Waals surface area contributed by atoms with Crippen LogP contribution in [0.5, 0.6) is 5.75 Å². The average molecular weight is 275 g/mol. The van der Waals surface area contributed by atoms with E-state index in [2.05, 4.69) is 19.0 Å². The van der Waals surface area contributed by atoms with E-state index >= 15 is 0 Å². The molecule has 0 saturated heterocycles. The summed E-state index contributed by atoms with van der Waals surface area (Å²) in [5, 5.41) is 12.4. The van der Waals surface area contributed by atoms with E-state index in [0.717, 1.165) is 22.4 Å². The molecule has 0 aliphatic carbocycles. The van der Waals surface area contributed by atoms with Crippen LogP contribution >= 0.6 is 0 Å². The number of carboxylic acids is 1. The van der Waals surface area contributed by atoms with Crippen LogP contribution in [0.1, 0.15) is 41.4 Å². The fraction of sp³-hybridized carbons (Fsp3) is 0.333. The molecule has 0 atom stereocenters. The fourth-order valence-electron chi connectivity index (χ4n) is 2.16. The van der Waals surface area contributed by atoms with Crippen LogP contribution in [0.4, 0.5) is 0 Å². The lowest BCUT2D eigenvalue weighted by molar-refractivity contribution is 0.0686. The number of aromatic carboxylic acids is 1. The van der Waals surface area contributed by atoms with E-state index in [0.29, 0.717) is 5.76 Å². The summed E-state index contributed by atoms with van der Waals surface area (Å²) in [5.74, 6) is 0.469. The highest BCUT2D eigenvalue weighted by atomic mass is 16.5. The predicted octanol–water partition coefficient (Wildman–Crippen LogP) is 3.48. The van der Waals surface area contributed by atoms with Crippen LogP contribution in [0, 0.1) is 6.92 Å². The van der Waals surface area contributed by atoms with E-state index in [1.54, 1.807) is 7.11 Å². The molecule has 0 unspecified atom stereocenters. The van der Waals surface area contributed by atoms with Crippen molar-refractivity contribution in [1.82, 2.24) is 5.16 Å². The van der Waals surface area contributed by atoms with Crippen molar-refractivity contribution in [2.24, 2.45) is 0 Å². The Kier molecular flexibility index (Phi) is 3.79. The van der Waals surface area contributed by atoms with E-state index < -0.39 is 5.97 Å². The summed E-state index contributed by atoms with van der Waals surface area (Å²) < 4.78 is 10.5. The topological polar surface area (TPSA) is 72.6 Å². The van der Waals surface area contributed by atoms with Gasteiger partial charge in [-0.3, -0.25) is 0 Å². The predicted molar refractivity (Wildman–Crippen MR) is 74.3 cm³/mol. The van der Waals surface area contributed by atoms with E-state index in [1.165, 1.54) is 6.07 Å². The van der Waals surface area contributed by atoms with Gasteiger partial charge in [0, 0.05) is 11.6 Å². The highest BCUT2D eigenvalue weighted by molar-refractivity contribution is 5.86. The third-order valence-corrected chi connectivity index (χ3v) is 3.14. The summed E-state index contributed by atoms with van der Waals surface area (Å²) >= 11 is 0. The molecule has 106 valence electrons. The highest BCUT2D eigenvalue weighted by Gasteiger charge is 2.17. The molecule has 2 aromatic rings.